The quantitative estimate of drug-likeness (QED) is 0.503. The number of carboxylic acid groups (broad SMARTS) is 1. The summed E-state index contributed by atoms with van der Waals surface area (Å²) in [6.07, 6.45) is -4.40. The van der Waals surface area contributed by atoms with Gasteiger partial charge in [-0.05, 0) is 31.2 Å². The van der Waals surface area contributed by atoms with E-state index in [0.717, 1.165) is 23.1 Å². The van der Waals surface area contributed by atoms with Crippen molar-refractivity contribution in [3.05, 3.63) is 64.4 Å². The van der Waals surface area contributed by atoms with Crippen LogP contribution in [0.2, 0.25) is 0 Å². The van der Waals surface area contributed by atoms with Crippen molar-refractivity contribution in [2.75, 3.05) is 6.61 Å². The molecule has 0 bridgehead atoms. The molecule has 30 heavy (non-hydrogen) atoms. The Morgan fingerprint density at radius 1 is 1.13 bits per heavy atom. The van der Waals surface area contributed by atoms with Gasteiger partial charge in [-0.15, -0.1) is 11.3 Å². The number of aliphatic carboxylic acids is 1. The van der Waals surface area contributed by atoms with Gasteiger partial charge in [0, 0.05) is 11.6 Å². The number of carboxylic acids is 1. The highest BCUT2D eigenvalue weighted by molar-refractivity contribution is 7.15. The number of benzene rings is 2. The summed E-state index contributed by atoms with van der Waals surface area (Å²) >= 11 is 1.26. The highest BCUT2D eigenvalue weighted by Crippen LogP contribution is 2.33. The topological polar surface area (TPSA) is 68.7 Å². The van der Waals surface area contributed by atoms with Crippen LogP contribution in [-0.4, -0.2) is 22.7 Å². The van der Waals surface area contributed by atoms with E-state index in [1.807, 2.05) is 0 Å². The van der Waals surface area contributed by atoms with Crippen LogP contribution in [0.5, 0.6) is 11.5 Å². The van der Waals surface area contributed by atoms with Crippen molar-refractivity contribution < 1.29 is 36.9 Å². The summed E-state index contributed by atoms with van der Waals surface area (Å²) in [6, 6.07) is 8.49. The number of rotatable bonds is 7. The average Bonchev–Trinajstić information content (AvgIpc) is 3.05. The highest BCUT2D eigenvalue weighted by atomic mass is 32.1. The van der Waals surface area contributed by atoms with Crippen molar-refractivity contribution in [2.45, 2.75) is 19.7 Å². The summed E-state index contributed by atoms with van der Waals surface area (Å²) in [5, 5.41) is 9.11. The van der Waals surface area contributed by atoms with E-state index >= 15 is 0 Å². The zero-order valence-corrected chi connectivity index (χ0v) is 16.3. The van der Waals surface area contributed by atoms with Gasteiger partial charge in [-0.25, -0.2) is 14.2 Å². The SMILES string of the molecule is Cc1nc(-c2ccc(C(F)(F)F)cc2)sc1COc1ccc(OCC(=O)O)c(F)c1. The lowest BCUT2D eigenvalue weighted by Gasteiger charge is -2.08. The molecule has 1 N–H and O–H groups in total. The maximum Gasteiger partial charge on any atom is 0.416 e. The number of halogens is 4. The maximum atomic E-state index is 14.0. The Bertz CT molecular complexity index is 1050. The van der Waals surface area contributed by atoms with Crippen molar-refractivity contribution in [1.82, 2.24) is 4.98 Å². The zero-order chi connectivity index (χ0) is 21.9. The van der Waals surface area contributed by atoms with E-state index in [4.69, 9.17) is 14.6 Å². The zero-order valence-electron chi connectivity index (χ0n) is 15.5. The van der Waals surface area contributed by atoms with Crippen molar-refractivity contribution in [2.24, 2.45) is 0 Å². The summed E-state index contributed by atoms with van der Waals surface area (Å²) in [7, 11) is 0. The molecule has 0 unspecified atom stereocenters. The van der Waals surface area contributed by atoms with E-state index in [1.165, 1.54) is 35.6 Å². The minimum atomic E-state index is -4.40. The first-order valence-corrected chi connectivity index (χ1v) is 9.36. The van der Waals surface area contributed by atoms with Gasteiger partial charge in [-0.3, -0.25) is 0 Å². The fourth-order valence-electron chi connectivity index (χ4n) is 2.46. The third-order valence-electron chi connectivity index (χ3n) is 3.98. The minimum Gasteiger partial charge on any atom is -0.488 e. The van der Waals surface area contributed by atoms with Crippen molar-refractivity contribution in [1.29, 1.82) is 0 Å². The first-order chi connectivity index (χ1) is 14.1. The Labute approximate surface area is 172 Å². The number of ether oxygens (including phenoxy) is 2. The molecular weight excluding hydrogens is 426 g/mol. The molecule has 3 rings (SSSR count). The van der Waals surface area contributed by atoms with Gasteiger partial charge < -0.3 is 14.6 Å². The van der Waals surface area contributed by atoms with Gasteiger partial charge in [0.15, 0.2) is 18.2 Å². The van der Waals surface area contributed by atoms with E-state index in [0.29, 0.717) is 16.3 Å². The van der Waals surface area contributed by atoms with E-state index in [2.05, 4.69) is 4.98 Å². The molecule has 0 amide bonds. The molecule has 0 aliphatic carbocycles. The number of aromatic nitrogens is 1. The highest BCUT2D eigenvalue weighted by Gasteiger charge is 2.30. The summed E-state index contributed by atoms with van der Waals surface area (Å²) in [6.45, 7) is 1.16. The Hall–Kier alpha value is -3.14. The Balaban J connectivity index is 1.68. The first-order valence-electron chi connectivity index (χ1n) is 8.54. The molecule has 5 nitrogen and oxygen atoms in total. The molecule has 0 atom stereocenters. The van der Waals surface area contributed by atoms with Gasteiger partial charge in [-0.1, -0.05) is 12.1 Å². The Kier molecular flexibility index (Phi) is 6.25. The van der Waals surface area contributed by atoms with Crippen molar-refractivity contribution >= 4 is 17.3 Å². The summed E-state index contributed by atoms with van der Waals surface area (Å²) in [4.78, 5) is 15.6. The molecule has 0 spiro atoms. The van der Waals surface area contributed by atoms with E-state index in [9.17, 15) is 22.4 Å². The molecule has 1 aromatic heterocycles. The summed E-state index contributed by atoms with van der Waals surface area (Å²) < 4.78 is 62.4. The minimum absolute atomic E-state index is 0.0822. The predicted octanol–water partition coefficient (Wildman–Crippen LogP) is 5.32. The second-order valence-corrected chi connectivity index (χ2v) is 7.25. The average molecular weight is 441 g/mol. The van der Waals surface area contributed by atoms with E-state index in [-0.39, 0.29) is 18.1 Å². The number of hydrogen-bond acceptors (Lipinski definition) is 5. The molecule has 158 valence electrons. The number of alkyl halides is 3. The molecule has 0 radical (unpaired) electrons. The van der Waals surface area contributed by atoms with Gasteiger partial charge >= 0.3 is 12.1 Å². The van der Waals surface area contributed by atoms with Gasteiger partial charge in [0.2, 0.25) is 0 Å². The van der Waals surface area contributed by atoms with Crippen LogP contribution in [0.1, 0.15) is 16.1 Å². The van der Waals surface area contributed by atoms with Crippen LogP contribution in [-0.2, 0) is 17.6 Å². The maximum absolute atomic E-state index is 14.0. The van der Waals surface area contributed by atoms with Crippen molar-refractivity contribution in [3.63, 3.8) is 0 Å². The monoisotopic (exact) mass is 441 g/mol. The first kappa shape index (κ1) is 21.6. The second kappa shape index (κ2) is 8.70. The molecule has 0 saturated carbocycles. The van der Waals surface area contributed by atoms with Crippen LogP contribution in [0.25, 0.3) is 10.6 Å². The van der Waals surface area contributed by atoms with E-state index < -0.39 is 30.1 Å². The van der Waals surface area contributed by atoms with Crippen LogP contribution in [0.3, 0.4) is 0 Å². The number of aryl methyl sites for hydroxylation is 1. The molecule has 3 aromatic rings. The molecule has 10 heteroatoms. The van der Waals surface area contributed by atoms with E-state index in [1.54, 1.807) is 6.92 Å². The Morgan fingerprint density at radius 3 is 2.43 bits per heavy atom. The molecule has 2 aromatic carbocycles. The van der Waals surface area contributed by atoms with Crippen LogP contribution >= 0.6 is 11.3 Å². The van der Waals surface area contributed by atoms with Crippen LogP contribution in [0.15, 0.2) is 42.5 Å². The smallest absolute Gasteiger partial charge is 0.416 e. The lowest BCUT2D eigenvalue weighted by atomic mass is 10.1. The summed E-state index contributed by atoms with van der Waals surface area (Å²) in [5.41, 5.74) is 0.464. The van der Waals surface area contributed by atoms with Crippen LogP contribution in [0.4, 0.5) is 17.6 Å². The number of carbonyl (C=O) groups is 1. The number of hydrogen-bond donors (Lipinski definition) is 1. The fourth-order valence-corrected chi connectivity index (χ4v) is 3.45. The third kappa shape index (κ3) is 5.26. The largest absolute Gasteiger partial charge is 0.488 e. The second-order valence-electron chi connectivity index (χ2n) is 6.17. The van der Waals surface area contributed by atoms with Gasteiger partial charge in [0.1, 0.15) is 17.4 Å². The van der Waals surface area contributed by atoms with Crippen LogP contribution < -0.4 is 9.47 Å². The molecule has 1 heterocycles. The van der Waals surface area contributed by atoms with Crippen molar-refractivity contribution in [3.8, 4) is 22.1 Å². The van der Waals surface area contributed by atoms with Gasteiger partial charge in [-0.2, -0.15) is 13.2 Å². The molecule has 0 aliphatic heterocycles. The molecular formula is C20H15F4NO4S. The van der Waals surface area contributed by atoms with Crippen LogP contribution in [0, 0.1) is 12.7 Å². The summed E-state index contributed by atoms with van der Waals surface area (Å²) in [5.74, 6) is -1.98. The lowest BCUT2D eigenvalue weighted by Crippen LogP contribution is -2.10. The fraction of sp³-hybridized carbons (Fsp3) is 0.200. The number of nitrogens with zero attached hydrogens (tertiary/aromatic N) is 1. The standard InChI is InChI=1S/C20H15F4NO4S/c1-11-17(9-28-14-6-7-16(15(21)8-14)29-10-18(26)27)30-19(25-11)12-2-4-13(5-3-12)20(22,23)24/h2-8H,9-10H2,1H3,(H,26,27). The number of thiazole rings is 1. The third-order valence-corrected chi connectivity index (χ3v) is 5.16. The van der Waals surface area contributed by atoms with Gasteiger partial charge in [0.25, 0.3) is 0 Å². The predicted molar refractivity (Wildman–Crippen MR) is 101 cm³/mol. The Morgan fingerprint density at radius 2 is 1.83 bits per heavy atom. The molecule has 0 saturated heterocycles. The van der Waals surface area contributed by atoms with Gasteiger partial charge in [0.05, 0.1) is 16.1 Å². The normalized spacial score (nSPS) is 11.4. The lowest BCUT2D eigenvalue weighted by molar-refractivity contribution is -0.139. The molecule has 0 fully saturated rings. The molecule has 0 aliphatic rings.